The molecule has 0 saturated heterocycles. The number of H-pyrrole nitrogens is 1. The molecule has 0 aliphatic heterocycles. The Morgan fingerprint density at radius 3 is 2.15 bits per heavy atom. The minimum Gasteiger partial charge on any atom is -0.496 e. The molecule has 0 aliphatic rings. The molecule has 0 amide bonds. The van der Waals surface area contributed by atoms with Crippen molar-refractivity contribution in [2.45, 2.75) is 5.92 Å². The van der Waals surface area contributed by atoms with Crippen molar-refractivity contribution >= 4 is 22.8 Å². The summed E-state index contributed by atoms with van der Waals surface area (Å²) in [5.41, 5.74) is 2.40. The zero-order chi connectivity index (χ0) is 19.4. The van der Waals surface area contributed by atoms with E-state index in [9.17, 15) is 9.59 Å². The zero-order valence-corrected chi connectivity index (χ0v) is 15.4. The molecule has 3 aromatic rings. The Morgan fingerprint density at radius 1 is 0.889 bits per heavy atom. The molecule has 6 nitrogen and oxygen atoms in total. The number of fused-ring (bicyclic) bond motifs is 1. The van der Waals surface area contributed by atoms with E-state index in [4.69, 9.17) is 14.2 Å². The molecule has 2 aromatic carbocycles. The average molecular weight is 367 g/mol. The summed E-state index contributed by atoms with van der Waals surface area (Å²) in [6, 6.07) is 15.0. The predicted molar refractivity (Wildman–Crippen MR) is 101 cm³/mol. The Morgan fingerprint density at radius 2 is 1.56 bits per heavy atom. The van der Waals surface area contributed by atoms with Crippen LogP contribution in [0.4, 0.5) is 0 Å². The van der Waals surface area contributed by atoms with Crippen molar-refractivity contribution in [3.8, 4) is 5.75 Å². The van der Waals surface area contributed by atoms with Gasteiger partial charge in [-0.3, -0.25) is 9.59 Å². The van der Waals surface area contributed by atoms with Gasteiger partial charge in [0.2, 0.25) is 0 Å². The highest BCUT2D eigenvalue weighted by atomic mass is 16.5. The number of carbonyl (C=O) groups excluding carboxylic acids is 2. The fourth-order valence-corrected chi connectivity index (χ4v) is 3.43. The van der Waals surface area contributed by atoms with Crippen molar-refractivity contribution < 1.29 is 23.8 Å². The van der Waals surface area contributed by atoms with Crippen LogP contribution >= 0.6 is 0 Å². The number of nitrogens with one attached hydrogen (secondary N) is 1. The molecule has 1 heterocycles. The second-order valence-electron chi connectivity index (χ2n) is 6.04. The molecular formula is C21H21NO5. The lowest BCUT2D eigenvalue weighted by Crippen LogP contribution is -2.32. The Hall–Kier alpha value is -3.28. The zero-order valence-electron chi connectivity index (χ0n) is 15.4. The lowest BCUT2D eigenvalue weighted by Gasteiger charge is -2.24. The second-order valence-corrected chi connectivity index (χ2v) is 6.04. The SMILES string of the molecule is COC(=O)C(C(=O)OC)[C@@H](c1ccccc1)c1c[nH]c2cccc(OC)c12. The first kappa shape index (κ1) is 18.5. The first-order chi connectivity index (χ1) is 13.1. The Balaban J connectivity index is 2.28. The lowest BCUT2D eigenvalue weighted by molar-refractivity contribution is -0.159. The summed E-state index contributed by atoms with van der Waals surface area (Å²) >= 11 is 0. The van der Waals surface area contributed by atoms with E-state index in [0.717, 1.165) is 22.0 Å². The predicted octanol–water partition coefficient (Wildman–Crippen LogP) is 3.27. The van der Waals surface area contributed by atoms with Gasteiger partial charge in [0, 0.05) is 23.0 Å². The lowest BCUT2D eigenvalue weighted by atomic mass is 9.80. The van der Waals surface area contributed by atoms with E-state index in [1.54, 1.807) is 13.3 Å². The molecule has 0 aliphatic carbocycles. The third-order valence-electron chi connectivity index (χ3n) is 4.66. The summed E-state index contributed by atoms with van der Waals surface area (Å²) in [6.45, 7) is 0. The maximum absolute atomic E-state index is 12.5. The highest BCUT2D eigenvalue weighted by molar-refractivity contribution is 5.98. The van der Waals surface area contributed by atoms with E-state index >= 15 is 0 Å². The number of aromatic nitrogens is 1. The van der Waals surface area contributed by atoms with Crippen LogP contribution in [-0.2, 0) is 19.1 Å². The molecule has 0 unspecified atom stereocenters. The molecule has 1 atom stereocenters. The molecule has 1 aromatic heterocycles. The Labute approximate surface area is 157 Å². The topological polar surface area (TPSA) is 77.6 Å². The van der Waals surface area contributed by atoms with Crippen LogP contribution in [0.5, 0.6) is 5.75 Å². The van der Waals surface area contributed by atoms with Gasteiger partial charge in [-0.05, 0) is 23.3 Å². The van der Waals surface area contributed by atoms with Gasteiger partial charge in [0.1, 0.15) is 5.75 Å². The van der Waals surface area contributed by atoms with Gasteiger partial charge >= 0.3 is 11.9 Å². The summed E-state index contributed by atoms with van der Waals surface area (Å²) in [7, 11) is 4.10. The van der Waals surface area contributed by atoms with Crippen molar-refractivity contribution in [3.05, 3.63) is 65.9 Å². The normalized spacial score (nSPS) is 12.0. The van der Waals surface area contributed by atoms with Crippen molar-refractivity contribution in [2.24, 2.45) is 5.92 Å². The average Bonchev–Trinajstić information content (AvgIpc) is 3.15. The number of rotatable bonds is 6. The van der Waals surface area contributed by atoms with Crippen LogP contribution in [0.3, 0.4) is 0 Å². The molecule has 1 N–H and O–H groups in total. The smallest absolute Gasteiger partial charge is 0.321 e. The fraction of sp³-hybridized carbons (Fsp3) is 0.238. The largest absolute Gasteiger partial charge is 0.496 e. The van der Waals surface area contributed by atoms with Crippen molar-refractivity contribution in [1.82, 2.24) is 4.98 Å². The Kier molecular flexibility index (Phi) is 5.45. The molecule has 3 rings (SSSR count). The number of esters is 2. The maximum atomic E-state index is 12.5. The number of hydrogen-bond donors (Lipinski definition) is 1. The summed E-state index contributed by atoms with van der Waals surface area (Å²) in [4.78, 5) is 28.3. The van der Waals surface area contributed by atoms with Gasteiger partial charge in [0.25, 0.3) is 0 Å². The summed E-state index contributed by atoms with van der Waals surface area (Å²) in [5, 5.41) is 0.812. The van der Waals surface area contributed by atoms with Crippen LogP contribution in [0.1, 0.15) is 17.0 Å². The van der Waals surface area contributed by atoms with E-state index in [0.29, 0.717) is 5.75 Å². The molecule has 0 radical (unpaired) electrons. The number of ether oxygens (including phenoxy) is 3. The van der Waals surface area contributed by atoms with Crippen molar-refractivity contribution in [3.63, 3.8) is 0 Å². The molecule has 0 spiro atoms. The minimum atomic E-state index is -1.15. The van der Waals surface area contributed by atoms with E-state index < -0.39 is 23.8 Å². The number of benzene rings is 2. The molecule has 6 heteroatoms. The maximum Gasteiger partial charge on any atom is 0.321 e. The van der Waals surface area contributed by atoms with Gasteiger partial charge in [-0.1, -0.05) is 36.4 Å². The van der Waals surface area contributed by atoms with Crippen LogP contribution in [0.25, 0.3) is 10.9 Å². The number of hydrogen-bond acceptors (Lipinski definition) is 5. The summed E-state index contributed by atoms with van der Waals surface area (Å²) in [6.07, 6.45) is 1.80. The third-order valence-corrected chi connectivity index (χ3v) is 4.66. The molecule has 0 saturated carbocycles. The highest BCUT2D eigenvalue weighted by Gasteiger charge is 2.40. The highest BCUT2D eigenvalue weighted by Crippen LogP contribution is 2.40. The first-order valence-electron chi connectivity index (χ1n) is 8.47. The molecule has 27 heavy (non-hydrogen) atoms. The van der Waals surface area contributed by atoms with E-state index in [2.05, 4.69) is 4.98 Å². The Bertz CT molecular complexity index is 932. The minimum absolute atomic E-state index is 0.601. The van der Waals surface area contributed by atoms with Gasteiger partial charge in [-0.15, -0.1) is 0 Å². The third kappa shape index (κ3) is 3.38. The molecule has 0 bridgehead atoms. The monoisotopic (exact) mass is 367 g/mol. The molecule has 140 valence electrons. The quantitative estimate of drug-likeness (QED) is 0.534. The van der Waals surface area contributed by atoms with Crippen LogP contribution in [0, 0.1) is 5.92 Å². The van der Waals surface area contributed by atoms with Crippen LogP contribution in [-0.4, -0.2) is 38.3 Å². The van der Waals surface area contributed by atoms with Gasteiger partial charge in [0.05, 0.1) is 21.3 Å². The van der Waals surface area contributed by atoms with Gasteiger partial charge in [0.15, 0.2) is 5.92 Å². The fourth-order valence-electron chi connectivity index (χ4n) is 3.43. The van der Waals surface area contributed by atoms with E-state index in [1.807, 2.05) is 48.5 Å². The van der Waals surface area contributed by atoms with E-state index in [-0.39, 0.29) is 0 Å². The standard InChI is InChI=1S/C21H21NO5/c1-25-16-11-7-10-15-18(16)14(12-22-15)17(13-8-5-4-6-9-13)19(20(23)26-2)21(24)27-3/h4-12,17,19,22H,1-3H3/t17-/m0/s1. The van der Waals surface area contributed by atoms with Crippen molar-refractivity contribution in [1.29, 1.82) is 0 Å². The number of aromatic amines is 1. The molecular weight excluding hydrogens is 346 g/mol. The number of methoxy groups -OCH3 is 3. The van der Waals surface area contributed by atoms with E-state index in [1.165, 1.54) is 14.2 Å². The number of carbonyl (C=O) groups is 2. The second kappa shape index (κ2) is 7.95. The van der Waals surface area contributed by atoms with Crippen LogP contribution < -0.4 is 4.74 Å². The first-order valence-corrected chi connectivity index (χ1v) is 8.47. The molecule has 0 fully saturated rings. The summed E-state index contributed by atoms with van der Waals surface area (Å²) in [5.74, 6) is -2.40. The van der Waals surface area contributed by atoms with Gasteiger partial charge in [-0.2, -0.15) is 0 Å². The summed E-state index contributed by atoms with van der Waals surface area (Å²) < 4.78 is 15.4. The van der Waals surface area contributed by atoms with Gasteiger partial charge in [-0.25, -0.2) is 0 Å². The van der Waals surface area contributed by atoms with Gasteiger partial charge < -0.3 is 19.2 Å². The van der Waals surface area contributed by atoms with Crippen molar-refractivity contribution in [2.75, 3.05) is 21.3 Å². The van der Waals surface area contributed by atoms with Crippen LogP contribution in [0.2, 0.25) is 0 Å². The van der Waals surface area contributed by atoms with Crippen LogP contribution in [0.15, 0.2) is 54.7 Å².